The van der Waals surface area contributed by atoms with Crippen LogP contribution in [0.5, 0.6) is 51.7 Å². The fourth-order valence-corrected chi connectivity index (χ4v) is 15.7. The van der Waals surface area contributed by atoms with Gasteiger partial charge in [0.05, 0.1) is 54.0 Å². The molecule has 19 atom stereocenters. The molecule has 12 amide bonds. The Hall–Kier alpha value is -12.2. The number of morpholine rings is 1. The molecule has 6 aromatic carbocycles. The molecular formula is C81H91Cl2F3N14O28. The van der Waals surface area contributed by atoms with Crippen molar-refractivity contribution in [2.45, 2.75) is 169 Å². The van der Waals surface area contributed by atoms with E-state index in [4.69, 9.17) is 67.8 Å². The van der Waals surface area contributed by atoms with Crippen LogP contribution in [0, 0.1) is 5.92 Å². The van der Waals surface area contributed by atoms with Crippen LogP contribution in [0.15, 0.2) is 103 Å². The molecule has 0 aromatic heterocycles. The highest BCUT2D eigenvalue weighted by Gasteiger charge is 2.53. The highest BCUT2D eigenvalue weighted by Crippen LogP contribution is 2.50. The molecule has 42 nitrogen and oxygen atoms in total. The van der Waals surface area contributed by atoms with Crippen LogP contribution in [0.2, 0.25) is 10.0 Å². The van der Waals surface area contributed by atoms with Crippen molar-refractivity contribution in [3.8, 4) is 62.9 Å². The van der Waals surface area contributed by atoms with Crippen LogP contribution in [0.1, 0.15) is 105 Å². The number of amides is 12. The number of phenols is 3. The lowest BCUT2D eigenvalue weighted by Gasteiger charge is -2.49. The molecule has 0 spiro atoms. The fourth-order valence-electron chi connectivity index (χ4n) is 15.2. The molecule has 1 unspecified atom stereocenters. The van der Waals surface area contributed by atoms with E-state index in [0.717, 1.165) is 78.9 Å². The Kier molecular flexibility index (Phi) is 29.3. The quantitative estimate of drug-likeness (QED) is 0.0401. The smallest absolute Gasteiger partial charge is 0.508 e. The maximum Gasteiger partial charge on any atom is 0.573 e. The third-order valence-corrected chi connectivity index (χ3v) is 22.4. The van der Waals surface area contributed by atoms with Gasteiger partial charge in [-0.15, -0.1) is 13.2 Å². The maximum absolute atomic E-state index is 16.3. The Balaban J connectivity index is 1.00. The molecule has 6 aromatic rings. The van der Waals surface area contributed by atoms with Crippen LogP contribution in [0.4, 0.5) is 23.7 Å². The van der Waals surface area contributed by atoms with Crippen molar-refractivity contribution in [3.63, 3.8) is 0 Å². The van der Waals surface area contributed by atoms with Gasteiger partial charge in [0.15, 0.2) is 23.9 Å². The number of rotatable bonds is 18. The minimum absolute atomic E-state index is 0.00600. The van der Waals surface area contributed by atoms with E-state index in [0.29, 0.717) is 6.07 Å². The third kappa shape index (κ3) is 21.8. The van der Waals surface area contributed by atoms with E-state index in [1.165, 1.54) is 37.1 Å². The van der Waals surface area contributed by atoms with Crippen LogP contribution in [-0.4, -0.2) is 247 Å². The van der Waals surface area contributed by atoms with Gasteiger partial charge >= 0.3 is 24.2 Å². The summed E-state index contributed by atoms with van der Waals surface area (Å²) in [5.74, 6) is -20.6. The number of hydrazine groups is 1. The zero-order valence-corrected chi connectivity index (χ0v) is 69.7. The van der Waals surface area contributed by atoms with Gasteiger partial charge in [0.25, 0.3) is 5.91 Å². The molecule has 3 fully saturated rings. The fraction of sp³-hybridized carbons (Fsp3) is 0.420. The molecule has 11 bridgehead atoms. The van der Waals surface area contributed by atoms with Gasteiger partial charge in [-0.25, -0.2) is 4.79 Å². The largest absolute Gasteiger partial charge is 0.573 e. The second kappa shape index (κ2) is 39.6. The number of hydrogen-bond acceptors (Lipinski definition) is 30. The van der Waals surface area contributed by atoms with Gasteiger partial charge in [0.1, 0.15) is 101 Å². The topological polar surface area (TPSA) is 631 Å². The van der Waals surface area contributed by atoms with Crippen LogP contribution >= 0.6 is 23.2 Å². The van der Waals surface area contributed by atoms with Crippen LogP contribution in [0.3, 0.4) is 0 Å². The monoisotopic (exact) mass is 1830 g/mol. The summed E-state index contributed by atoms with van der Waals surface area (Å²) >= 11 is 14.3. The van der Waals surface area contributed by atoms with Crippen molar-refractivity contribution in [3.05, 3.63) is 141 Å². The maximum atomic E-state index is 16.3. The summed E-state index contributed by atoms with van der Waals surface area (Å²) in [6, 6.07) is 1.81. The number of anilines is 1. The number of nitrogens with zero attached hydrogens (tertiary/aromatic N) is 1. The van der Waals surface area contributed by atoms with Gasteiger partial charge in [-0.2, -0.15) is 0 Å². The molecule has 0 aliphatic carbocycles. The van der Waals surface area contributed by atoms with Crippen molar-refractivity contribution in [2.24, 2.45) is 17.4 Å². The molecule has 0 saturated carbocycles. The molecule has 24 N–H and O–H groups in total. The molecule has 688 valence electrons. The first-order valence-electron chi connectivity index (χ1n) is 39.6. The van der Waals surface area contributed by atoms with E-state index < -0.39 is 289 Å². The second-order valence-electron chi connectivity index (χ2n) is 31.4. The molecule has 8 aliphatic heterocycles. The number of alkyl halides is 3. The molecule has 3 saturated heterocycles. The lowest BCUT2D eigenvalue weighted by atomic mass is 9.84. The van der Waals surface area contributed by atoms with Crippen molar-refractivity contribution in [1.82, 2.24) is 58.3 Å². The Morgan fingerprint density at radius 1 is 0.711 bits per heavy atom. The number of aliphatic hydroxyl groups excluding tert-OH is 6. The minimum Gasteiger partial charge on any atom is -0.508 e. The minimum atomic E-state index is -4.97. The molecule has 8 heterocycles. The van der Waals surface area contributed by atoms with E-state index in [1.54, 1.807) is 26.2 Å². The third-order valence-electron chi connectivity index (χ3n) is 21.8. The summed E-state index contributed by atoms with van der Waals surface area (Å²) in [6.07, 6.45) is -25.9. The molecule has 0 radical (unpaired) electrons. The van der Waals surface area contributed by atoms with E-state index in [-0.39, 0.29) is 61.8 Å². The molecule has 8 aliphatic rings. The Bertz CT molecular complexity index is 5260. The number of halogens is 5. The van der Waals surface area contributed by atoms with E-state index in [2.05, 4.69) is 52.6 Å². The van der Waals surface area contributed by atoms with Gasteiger partial charge in [-0.1, -0.05) is 55.2 Å². The van der Waals surface area contributed by atoms with Gasteiger partial charge in [0, 0.05) is 54.5 Å². The zero-order chi connectivity index (χ0) is 93.0. The lowest BCUT2D eigenvalue weighted by Crippen LogP contribution is -2.66. The standard InChI is InChI=1S/C81H91Cl2F3N14O28/c1-31(2)18-45(89-5)70(112)96-60-62(106)34-7-14-49(43(82)20-34)123-51-22-36-23-52(66(51)127-78-67(65(109)64(108)53(30-101)125-78)126-55-27-80(4,68(110)32(3)122-55)90-28-40-29-100(16-17-121-40)79(120)91-37-9-11-39(12-10-37)128-81(84,85)86)124-50-15-8-35(21-44(50)83)63(107)61-75(117)95-59(76(118)98-99-77(119)69(88)111)42-24-38(102)25-48(104)56(42)41-19-33(6-13-47(41)103)57(72(114)97-61)94-73(115)58(36)93-71(113)46(26-54(87)105)92-74(60)116/h6-15,19-25,31-32,40,45-46,53,55,57-65,67-68,78,89-90,101-104,106-110H,16-18,26-30H2,1-5H3,(H2,87,105)(H2,88,111)(H,91,120)(H,92,116)(H,93,113)(H,94,115)(H,95,117)(H,96,112)(H,97,114)(H,98,118)(H,99,119)/t32-,40?,45+,46-,53+,55-,57+,58+,59+,60+,61-,62+,63+,64+,65-,67+,68+,78-,80-/m0/s1. The lowest BCUT2D eigenvalue weighted by molar-refractivity contribution is -0.334. The summed E-state index contributed by atoms with van der Waals surface area (Å²) in [6.45, 7) is 5.51. The highest BCUT2D eigenvalue weighted by molar-refractivity contribution is 6.34. The number of aromatic hydroxyl groups is 3. The Morgan fingerprint density at radius 3 is 1.96 bits per heavy atom. The Labute approximate surface area is 733 Å². The van der Waals surface area contributed by atoms with Crippen molar-refractivity contribution in [2.75, 3.05) is 45.2 Å². The molecule has 128 heavy (non-hydrogen) atoms. The van der Waals surface area contributed by atoms with Gasteiger partial charge in [-0.3, -0.25) is 58.8 Å². The first-order valence-corrected chi connectivity index (χ1v) is 40.4. The predicted molar refractivity (Wildman–Crippen MR) is 434 cm³/mol. The van der Waals surface area contributed by atoms with E-state index in [9.17, 15) is 87.9 Å². The number of fused-ring (bicyclic) bond motifs is 15. The summed E-state index contributed by atoms with van der Waals surface area (Å²) in [4.78, 5) is 159. The average Bonchev–Trinajstić information content (AvgIpc) is 0.763. The summed E-state index contributed by atoms with van der Waals surface area (Å²) in [5.41, 5.74) is 9.77. The number of nitrogens with two attached hydrogens (primary N) is 2. The van der Waals surface area contributed by atoms with Crippen molar-refractivity contribution in [1.29, 1.82) is 0 Å². The first kappa shape index (κ1) is 94.9. The van der Waals surface area contributed by atoms with Crippen molar-refractivity contribution < 1.29 is 150 Å². The second-order valence-corrected chi connectivity index (χ2v) is 32.2. The number of benzene rings is 6. The summed E-state index contributed by atoms with van der Waals surface area (Å²) < 4.78 is 87.9. The number of ether oxygens (including phenoxy) is 8. The highest BCUT2D eigenvalue weighted by atomic mass is 35.5. The number of hydrogen-bond donors (Lipinski definition) is 22. The zero-order valence-electron chi connectivity index (χ0n) is 68.2. The number of urea groups is 1. The first-order chi connectivity index (χ1) is 60.5. The Morgan fingerprint density at radius 2 is 1.34 bits per heavy atom. The van der Waals surface area contributed by atoms with E-state index >= 15 is 24.0 Å². The normalized spacial score (nSPS) is 27.0. The number of aliphatic hydroxyl groups is 6. The van der Waals surface area contributed by atoms with Crippen molar-refractivity contribution >= 4 is 94.0 Å². The number of nitrogens with one attached hydrogen (secondary N) is 11. The van der Waals surface area contributed by atoms with Crippen LogP contribution < -0.4 is 89.1 Å². The number of likely N-dealkylation sites (N-methyl/N-ethyl adjacent to an activating group) is 1. The number of primary amides is 2. The summed E-state index contributed by atoms with van der Waals surface area (Å²) in [5, 5.41) is 129. The number of carbonyl (C=O) groups excluding carboxylic acids is 11. The van der Waals surface area contributed by atoms with Gasteiger partial charge < -0.3 is 148 Å². The van der Waals surface area contributed by atoms with Gasteiger partial charge in [0.2, 0.25) is 53.4 Å². The van der Waals surface area contributed by atoms with E-state index in [1.807, 2.05) is 5.43 Å². The molecule has 47 heteroatoms. The molecule has 14 rings (SSSR count). The SMILES string of the molecule is CN[C@H](CC(C)C)C(=O)N[C@H]1C(=O)N[C@@H](CC(N)=O)C(=O)N[C@H]2C(=O)N[C@H]3C(=O)N[C@H](C(=O)N[C@@H](C(=O)NNC(=O)C(N)=O)c4cc(O)cc(O)c4-c4cc3ccc4O)[C@H](O)c3ccc(c(Cl)c3)Oc3cc2cc(c3O[C@@H]2O[C@H](CO)[C@@H](O)[C@H](O)[C@H]2O[C@H]2C[C@](C)(NCC3CN(C(=O)Nc4ccc(OC(F)(F)F)cc4)CCO3)[C@H](O)[C@H](C)O2)Oc2ccc(cc2Cl)[C@H]1O. The van der Waals surface area contributed by atoms with Gasteiger partial charge in [-0.05, 0) is 140 Å². The van der Waals surface area contributed by atoms with Crippen LogP contribution in [0.25, 0.3) is 11.1 Å². The summed E-state index contributed by atoms with van der Waals surface area (Å²) in [7, 11) is 1.45. The number of phenolic OH excluding ortho intramolecular Hbond substituents is 3. The predicted octanol–water partition coefficient (Wildman–Crippen LogP) is 0.117. The average molecular weight is 1840 g/mol. The molecular weight excluding hydrogens is 1740 g/mol. The number of carbonyl (C=O) groups is 11. The van der Waals surface area contributed by atoms with Crippen LogP contribution in [-0.2, 0) is 66.9 Å².